The van der Waals surface area contributed by atoms with Crippen LogP contribution in [0.25, 0.3) is 11.2 Å². The molecule has 0 saturated carbocycles. The second-order valence-corrected chi connectivity index (χ2v) is 3.24. The number of hydrogen-bond acceptors (Lipinski definition) is 5. The molecule has 0 radical (unpaired) electrons. The van der Waals surface area contributed by atoms with E-state index >= 15 is 0 Å². The van der Waals surface area contributed by atoms with Crippen LogP contribution in [-0.4, -0.2) is 40.3 Å². The van der Waals surface area contributed by atoms with E-state index in [9.17, 15) is 4.79 Å². The minimum Gasteiger partial charge on any atom is -0.461 e. The van der Waals surface area contributed by atoms with Gasteiger partial charge in [-0.3, -0.25) is 4.98 Å². The number of hydrogen-bond donors (Lipinski definition) is 2. The fourth-order valence-electron chi connectivity index (χ4n) is 1.32. The number of methoxy groups -OCH3 is 1. The number of aryl methyl sites for hydroxylation is 1. The molecule has 7 heteroatoms. The van der Waals surface area contributed by atoms with Gasteiger partial charge >= 0.3 is 11.7 Å². The quantitative estimate of drug-likeness (QED) is 0.712. The summed E-state index contributed by atoms with van der Waals surface area (Å²) in [4.78, 5) is 24.4. The van der Waals surface area contributed by atoms with E-state index in [1.165, 1.54) is 0 Å². The maximum absolute atomic E-state index is 11.1. The van der Waals surface area contributed by atoms with E-state index in [0.717, 1.165) is 0 Å². The molecule has 86 valence electrons. The largest absolute Gasteiger partial charge is 0.461 e. The lowest BCUT2D eigenvalue weighted by molar-refractivity contribution is 0.141. The Morgan fingerprint density at radius 1 is 1.25 bits per heavy atom. The summed E-state index contributed by atoms with van der Waals surface area (Å²) in [6.07, 6.45) is 0. The first-order valence-corrected chi connectivity index (χ1v) is 4.79. The van der Waals surface area contributed by atoms with Crippen LogP contribution in [0.1, 0.15) is 5.69 Å². The molecule has 16 heavy (non-hydrogen) atoms. The van der Waals surface area contributed by atoms with E-state index in [1.54, 1.807) is 14.0 Å². The van der Waals surface area contributed by atoms with Gasteiger partial charge in [-0.05, 0) is 6.92 Å². The molecule has 0 bridgehead atoms. The summed E-state index contributed by atoms with van der Waals surface area (Å²) in [5.41, 5.74) is 1.41. The number of aromatic amines is 2. The lowest BCUT2D eigenvalue weighted by atomic mass is 10.4. The third-order valence-corrected chi connectivity index (χ3v) is 2.06. The Kier molecular flexibility index (Phi) is 2.86. The number of nitrogens with zero attached hydrogens (tertiary/aromatic N) is 2. The average Bonchev–Trinajstić information content (AvgIpc) is 2.60. The van der Waals surface area contributed by atoms with Crippen molar-refractivity contribution in [1.29, 1.82) is 0 Å². The number of nitrogens with one attached hydrogen (secondary N) is 2. The molecular formula is C9H12N4O3. The first kappa shape index (κ1) is 10.6. The number of H-pyrrole nitrogens is 2. The van der Waals surface area contributed by atoms with Gasteiger partial charge in [-0.2, -0.15) is 9.97 Å². The Hall–Kier alpha value is -1.89. The van der Waals surface area contributed by atoms with Crippen molar-refractivity contribution in [3.8, 4) is 6.01 Å². The van der Waals surface area contributed by atoms with Crippen molar-refractivity contribution < 1.29 is 9.47 Å². The first-order chi connectivity index (χ1) is 7.70. The van der Waals surface area contributed by atoms with E-state index in [1.807, 2.05) is 0 Å². The highest BCUT2D eigenvalue weighted by Crippen LogP contribution is 2.12. The van der Waals surface area contributed by atoms with Crippen molar-refractivity contribution in [1.82, 2.24) is 19.9 Å². The number of rotatable bonds is 4. The molecule has 2 rings (SSSR count). The van der Waals surface area contributed by atoms with Crippen LogP contribution in [0.4, 0.5) is 0 Å². The average molecular weight is 224 g/mol. The van der Waals surface area contributed by atoms with Crippen molar-refractivity contribution in [3.05, 3.63) is 16.2 Å². The molecular weight excluding hydrogens is 212 g/mol. The van der Waals surface area contributed by atoms with E-state index in [2.05, 4.69) is 19.9 Å². The standard InChI is InChI=1S/C9H12N4O3/c1-5-6-7(12-8(14)11-6)13-9(10-5)16-4-3-15-2/h3-4H2,1-2H3,(H2,10,11,12,13,14). The second kappa shape index (κ2) is 4.31. The maximum Gasteiger partial charge on any atom is 0.325 e. The van der Waals surface area contributed by atoms with Crippen LogP contribution in [0.3, 0.4) is 0 Å². The van der Waals surface area contributed by atoms with Crippen molar-refractivity contribution >= 4 is 11.2 Å². The van der Waals surface area contributed by atoms with E-state index in [0.29, 0.717) is 30.1 Å². The molecule has 7 nitrogen and oxygen atoms in total. The van der Waals surface area contributed by atoms with Gasteiger partial charge < -0.3 is 14.5 Å². The molecule has 2 aromatic rings. The molecule has 2 aromatic heterocycles. The van der Waals surface area contributed by atoms with Crippen LogP contribution >= 0.6 is 0 Å². The molecule has 0 aromatic carbocycles. The third-order valence-electron chi connectivity index (χ3n) is 2.06. The van der Waals surface area contributed by atoms with Gasteiger partial charge in [0.15, 0.2) is 5.65 Å². The Bertz CT molecular complexity index is 545. The second-order valence-electron chi connectivity index (χ2n) is 3.24. The van der Waals surface area contributed by atoms with Gasteiger partial charge in [0, 0.05) is 7.11 Å². The molecule has 0 amide bonds. The van der Waals surface area contributed by atoms with Gasteiger partial charge in [-0.25, -0.2) is 4.79 Å². The summed E-state index contributed by atoms with van der Waals surface area (Å²) in [5.74, 6) is 0. The molecule has 0 saturated heterocycles. The molecule has 0 spiro atoms. The Balaban J connectivity index is 2.30. The SMILES string of the molecule is COCCOc1nc(C)c2[nH]c(=O)[nH]c2n1. The van der Waals surface area contributed by atoms with Gasteiger partial charge in [-0.1, -0.05) is 0 Å². The third kappa shape index (κ3) is 2.03. The molecule has 2 heterocycles. The molecule has 2 N–H and O–H groups in total. The fraction of sp³-hybridized carbons (Fsp3) is 0.444. The summed E-state index contributed by atoms with van der Waals surface area (Å²) >= 11 is 0. The van der Waals surface area contributed by atoms with Gasteiger partial charge in [0.05, 0.1) is 12.3 Å². The van der Waals surface area contributed by atoms with E-state index in [-0.39, 0.29) is 11.7 Å². The van der Waals surface area contributed by atoms with Crippen molar-refractivity contribution in [2.24, 2.45) is 0 Å². The Morgan fingerprint density at radius 3 is 2.81 bits per heavy atom. The maximum atomic E-state index is 11.1. The van der Waals surface area contributed by atoms with Crippen molar-refractivity contribution in [2.75, 3.05) is 20.3 Å². The fourth-order valence-corrected chi connectivity index (χ4v) is 1.32. The minimum atomic E-state index is -0.304. The van der Waals surface area contributed by atoms with Crippen LogP contribution < -0.4 is 10.4 Å². The molecule has 0 aliphatic heterocycles. The molecule has 0 atom stereocenters. The lowest BCUT2D eigenvalue weighted by Crippen LogP contribution is -2.07. The monoisotopic (exact) mass is 224 g/mol. The zero-order valence-electron chi connectivity index (χ0n) is 9.03. The lowest BCUT2D eigenvalue weighted by Gasteiger charge is -2.03. The number of ether oxygens (including phenoxy) is 2. The number of imidazole rings is 1. The summed E-state index contributed by atoms with van der Waals surface area (Å²) in [7, 11) is 1.59. The summed E-state index contributed by atoms with van der Waals surface area (Å²) < 4.78 is 10.1. The highest BCUT2D eigenvalue weighted by molar-refractivity contribution is 5.72. The van der Waals surface area contributed by atoms with E-state index in [4.69, 9.17) is 9.47 Å². The van der Waals surface area contributed by atoms with Crippen LogP contribution in [0.2, 0.25) is 0 Å². The zero-order valence-corrected chi connectivity index (χ0v) is 9.03. The normalized spacial score (nSPS) is 10.9. The van der Waals surface area contributed by atoms with Crippen LogP contribution in [-0.2, 0) is 4.74 Å². The van der Waals surface area contributed by atoms with Crippen LogP contribution in [0, 0.1) is 6.92 Å². The highest BCUT2D eigenvalue weighted by atomic mass is 16.5. The Morgan fingerprint density at radius 2 is 2.06 bits per heavy atom. The summed E-state index contributed by atoms with van der Waals surface area (Å²) in [6, 6.07) is 0.234. The van der Waals surface area contributed by atoms with E-state index < -0.39 is 0 Å². The minimum absolute atomic E-state index is 0.234. The van der Waals surface area contributed by atoms with Crippen LogP contribution in [0.5, 0.6) is 6.01 Å². The number of fused-ring (bicyclic) bond motifs is 1. The van der Waals surface area contributed by atoms with Gasteiger partial charge in [-0.15, -0.1) is 0 Å². The smallest absolute Gasteiger partial charge is 0.325 e. The van der Waals surface area contributed by atoms with Gasteiger partial charge in [0.25, 0.3) is 0 Å². The molecule has 0 fully saturated rings. The first-order valence-electron chi connectivity index (χ1n) is 4.79. The van der Waals surface area contributed by atoms with Gasteiger partial charge in [0.1, 0.15) is 12.1 Å². The molecule has 0 unspecified atom stereocenters. The van der Waals surface area contributed by atoms with Crippen molar-refractivity contribution in [2.45, 2.75) is 6.92 Å². The predicted molar refractivity (Wildman–Crippen MR) is 56.6 cm³/mol. The van der Waals surface area contributed by atoms with Gasteiger partial charge in [0.2, 0.25) is 0 Å². The predicted octanol–water partition coefficient (Wildman–Crippen LogP) is -0.0202. The number of aromatic nitrogens is 4. The summed E-state index contributed by atoms with van der Waals surface area (Å²) in [6.45, 7) is 2.61. The summed E-state index contributed by atoms with van der Waals surface area (Å²) in [5, 5.41) is 0. The Labute approximate surface area is 90.8 Å². The highest BCUT2D eigenvalue weighted by Gasteiger charge is 2.07. The topological polar surface area (TPSA) is 92.9 Å². The van der Waals surface area contributed by atoms with Crippen LogP contribution in [0.15, 0.2) is 4.79 Å². The molecule has 0 aliphatic carbocycles. The zero-order chi connectivity index (χ0) is 11.5. The van der Waals surface area contributed by atoms with Crippen molar-refractivity contribution in [3.63, 3.8) is 0 Å². The molecule has 0 aliphatic rings.